The van der Waals surface area contributed by atoms with Gasteiger partial charge in [-0.15, -0.1) is 0 Å². The molecule has 0 saturated carbocycles. The summed E-state index contributed by atoms with van der Waals surface area (Å²) >= 11 is 0. The number of esters is 2. The van der Waals surface area contributed by atoms with Gasteiger partial charge < -0.3 is 9.47 Å². The predicted octanol–water partition coefficient (Wildman–Crippen LogP) is 4.44. The van der Waals surface area contributed by atoms with E-state index in [0.717, 1.165) is 25.0 Å². The molecule has 0 unspecified atom stereocenters. The first kappa shape index (κ1) is 21.1. The lowest BCUT2D eigenvalue weighted by Gasteiger charge is -2.13. The van der Waals surface area contributed by atoms with Gasteiger partial charge in [0, 0.05) is 5.56 Å². The largest absolute Gasteiger partial charge is 0.465 e. The van der Waals surface area contributed by atoms with Gasteiger partial charge in [0.05, 0.1) is 25.5 Å². The summed E-state index contributed by atoms with van der Waals surface area (Å²) < 4.78 is 51.7. The SMILES string of the molecule is COC(=O)c1c(-c2cc(C)ccc2C(F)(F)F)nn(-c2ccccc2)c1C(=O)OC. The molecule has 30 heavy (non-hydrogen) atoms. The van der Waals surface area contributed by atoms with E-state index in [4.69, 9.17) is 9.47 Å². The van der Waals surface area contributed by atoms with Crippen LogP contribution in [0.1, 0.15) is 32.0 Å². The van der Waals surface area contributed by atoms with Crippen molar-refractivity contribution in [2.24, 2.45) is 0 Å². The molecule has 1 aromatic heterocycles. The van der Waals surface area contributed by atoms with Gasteiger partial charge in [-0.2, -0.15) is 18.3 Å². The van der Waals surface area contributed by atoms with Gasteiger partial charge in [-0.05, 0) is 31.2 Å². The molecule has 6 nitrogen and oxygen atoms in total. The van der Waals surface area contributed by atoms with E-state index in [1.165, 1.54) is 12.1 Å². The molecule has 3 aromatic rings. The monoisotopic (exact) mass is 418 g/mol. The fraction of sp³-hybridized carbons (Fsp3) is 0.190. The van der Waals surface area contributed by atoms with Crippen LogP contribution in [0.3, 0.4) is 0 Å². The number of benzene rings is 2. The Hall–Kier alpha value is -3.62. The molecule has 0 amide bonds. The Morgan fingerprint density at radius 1 is 0.967 bits per heavy atom. The summed E-state index contributed by atoms with van der Waals surface area (Å²) in [7, 11) is 2.16. The zero-order chi connectivity index (χ0) is 22.1. The van der Waals surface area contributed by atoms with Gasteiger partial charge in [0.2, 0.25) is 0 Å². The van der Waals surface area contributed by atoms with Crippen molar-refractivity contribution in [2.45, 2.75) is 13.1 Å². The third-order valence-corrected chi connectivity index (χ3v) is 4.39. The summed E-state index contributed by atoms with van der Waals surface area (Å²) in [6, 6.07) is 11.7. The molecule has 2 aromatic carbocycles. The number of halogens is 3. The number of para-hydroxylation sites is 1. The lowest BCUT2D eigenvalue weighted by atomic mass is 9.98. The number of rotatable bonds is 4. The van der Waals surface area contributed by atoms with E-state index in [-0.39, 0.29) is 17.0 Å². The van der Waals surface area contributed by atoms with Crippen molar-refractivity contribution in [3.8, 4) is 16.9 Å². The smallest absolute Gasteiger partial charge is 0.417 e. The van der Waals surface area contributed by atoms with Crippen LogP contribution in [0.15, 0.2) is 48.5 Å². The Morgan fingerprint density at radius 3 is 2.17 bits per heavy atom. The zero-order valence-corrected chi connectivity index (χ0v) is 16.3. The van der Waals surface area contributed by atoms with E-state index in [0.29, 0.717) is 11.3 Å². The highest BCUT2D eigenvalue weighted by atomic mass is 19.4. The third kappa shape index (κ3) is 3.78. The van der Waals surface area contributed by atoms with Crippen LogP contribution in [0.5, 0.6) is 0 Å². The molecule has 9 heteroatoms. The van der Waals surface area contributed by atoms with Crippen LogP contribution < -0.4 is 0 Å². The minimum absolute atomic E-state index is 0.331. The number of hydrogen-bond acceptors (Lipinski definition) is 5. The molecule has 0 bridgehead atoms. The highest BCUT2D eigenvalue weighted by Gasteiger charge is 2.38. The fourth-order valence-corrected chi connectivity index (χ4v) is 3.04. The lowest BCUT2D eigenvalue weighted by Crippen LogP contribution is -2.15. The van der Waals surface area contributed by atoms with Crippen molar-refractivity contribution in [3.05, 3.63) is 70.9 Å². The number of methoxy groups -OCH3 is 2. The van der Waals surface area contributed by atoms with Crippen LogP contribution in [0.2, 0.25) is 0 Å². The van der Waals surface area contributed by atoms with Crippen molar-refractivity contribution in [2.75, 3.05) is 14.2 Å². The summed E-state index contributed by atoms with van der Waals surface area (Å²) in [5, 5.41) is 4.22. The summed E-state index contributed by atoms with van der Waals surface area (Å²) in [6.45, 7) is 1.61. The molecule has 156 valence electrons. The van der Waals surface area contributed by atoms with Gasteiger partial charge in [0.15, 0.2) is 5.69 Å². The third-order valence-electron chi connectivity index (χ3n) is 4.39. The minimum Gasteiger partial charge on any atom is -0.465 e. The highest BCUT2D eigenvalue weighted by molar-refractivity contribution is 6.07. The van der Waals surface area contributed by atoms with Gasteiger partial charge in [0.25, 0.3) is 0 Å². The number of carbonyl (C=O) groups is 2. The Morgan fingerprint density at radius 2 is 1.60 bits per heavy atom. The molecule has 0 saturated heterocycles. The number of carbonyl (C=O) groups excluding carboxylic acids is 2. The summed E-state index contributed by atoms with van der Waals surface area (Å²) in [5.74, 6) is -1.96. The molecule has 0 aliphatic carbocycles. The van der Waals surface area contributed by atoms with Gasteiger partial charge in [-0.3, -0.25) is 0 Å². The number of aromatic nitrogens is 2. The second-order valence-corrected chi connectivity index (χ2v) is 6.35. The van der Waals surface area contributed by atoms with Gasteiger partial charge in [0.1, 0.15) is 11.3 Å². The molecule has 0 fully saturated rings. The van der Waals surface area contributed by atoms with Gasteiger partial charge >= 0.3 is 18.1 Å². The van der Waals surface area contributed by atoms with E-state index in [2.05, 4.69) is 5.10 Å². The summed E-state index contributed by atoms with van der Waals surface area (Å²) in [4.78, 5) is 25.1. The van der Waals surface area contributed by atoms with Crippen molar-refractivity contribution >= 4 is 11.9 Å². The predicted molar refractivity (Wildman–Crippen MR) is 101 cm³/mol. The molecule has 0 radical (unpaired) electrons. The van der Waals surface area contributed by atoms with Crippen LogP contribution in [0, 0.1) is 6.92 Å². The summed E-state index contributed by atoms with van der Waals surface area (Å²) in [5.41, 5.74) is -1.54. The molecule has 3 rings (SSSR count). The first-order valence-corrected chi connectivity index (χ1v) is 8.72. The van der Waals surface area contributed by atoms with Crippen LogP contribution in [0.4, 0.5) is 13.2 Å². The molecular formula is C21H17F3N2O4. The second-order valence-electron chi connectivity index (χ2n) is 6.35. The van der Waals surface area contributed by atoms with E-state index in [1.807, 2.05) is 0 Å². The Bertz CT molecular complexity index is 1110. The van der Waals surface area contributed by atoms with Crippen molar-refractivity contribution in [1.29, 1.82) is 0 Å². The molecule has 0 atom stereocenters. The number of alkyl halides is 3. The fourth-order valence-electron chi connectivity index (χ4n) is 3.04. The van der Waals surface area contributed by atoms with Crippen LogP contribution in [-0.4, -0.2) is 35.9 Å². The van der Waals surface area contributed by atoms with Crippen molar-refractivity contribution in [1.82, 2.24) is 9.78 Å². The number of ether oxygens (including phenoxy) is 2. The standard InChI is InChI=1S/C21H17F3N2O4/c1-12-9-10-15(21(22,23)24)14(11-12)17-16(19(27)29-2)18(20(28)30-3)26(25-17)13-7-5-4-6-8-13/h4-11H,1-3H3. The molecule has 0 N–H and O–H groups in total. The van der Waals surface area contributed by atoms with Gasteiger partial charge in [-0.25, -0.2) is 14.3 Å². The lowest BCUT2D eigenvalue weighted by molar-refractivity contribution is -0.137. The number of aryl methyl sites for hydroxylation is 1. The maximum atomic E-state index is 13.7. The average molecular weight is 418 g/mol. The normalized spacial score (nSPS) is 11.3. The molecule has 0 spiro atoms. The highest BCUT2D eigenvalue weighted by Crippen LogP contribution is 2.39. The average Bonchev–Trinajstić information content (AvgIpc) is 3.12. The van der Waals surface area contributed by atoms with Gasteiger partial charge in [-0.1, -0.05) is 29.8 Å². The molecule has 0 aliphatic heterocycles. The van der Waals surface area contributed by atoms with E-state index in [9.17, 15) is 22.8 Å². The molecular weight excluding hydrogens is 401 g/mol. The maximum absolute atomic E-state index is 13.7. The summed E-state index contributed by atoms with van der Waals surface area (Å²) in [6.07, 6.45) is -4.71. The minimum atomic E-state index is -4.71. The maximum Gasteiger partial charge on any atom is 0.417 e. The van der Waals surface area contributed by atoms with Crippen LogP contribution in [-0.2, 0) is 15.7 Å². The van der Waals surface area contributed by atoms with E-state index < -0.39 is 29.2 Å². The van der Waals surface area contributed by atoms with Crippen LogP contribution in [0.25, 0.3) is 16.9 Å². The second kappa shape index (κ2) is 8.02. The van der Waals surface area contributed by atoms with Crippen molar-refractivity contribution in [3.63, 3.8) is 0 Å². The first-order valence-electron chi connectivity index (χ1n) is 8.72. The number of nitrogens with zero attached hydrogens (tertiary/aromatic N) is 2. The Labute approximate surface area is 169 Å². The zero-order valence-electron chi connectivity index (χ0n) is 16.3. The topological polar surface area (TPSA) is 70.4 Å². The number of hydrogen-bond donors (Lipinski definition) is 0. The van der Waals surface area contributed by atoms with Crippen LogP contribution >= 0.6 is 0 Å². The Kier molecular flexibility index (Phi) is 5.64. The van der Waals surface area contributed by atoms with Crippen molar-refractivity contribution < 1.29 is 32.2 Å². The quantitative estimate of drug-likeness (QED) is 0.586. The Balaban J connectivity index is 2.45. The molecule has 1 heterocycles. The van der Waals surface area contributed by atoms with E-state index >= 15 is 0 Å². The first-order chi connectivity index (χ1) is 14.2. The van der Waals surface area contributed by atoms with E-state index in [1.54, 1.807) is 37.3 Å². The molecule has 0 aliphatic rings.